The average molecular weight is 597 g/mol. The van der Waals surface area contributed by atoms with E-state index in [9.17, 15) is 4.79 Å². The number of fused-ring (bicyclic) bond motifs is 4. The van der Waals surface area contributed by atoms with Crippen LogP contribution in [0.1, 0.15) is 51.0 Å². The van der Waals surface area contributed by atoms with Crippen molar-refractivity contribution in [2.24, 2.45) is 4.99 Å². The molecule has 0 fully saturated rings. The molecule has 0 bridgehead atoms. The van der Waals surface area contributed by atoms with Gasteiger partial charge in [-0.3, -0.25) is 4.99 Å². The second kappa shape index (κ2) is 12.0. The Labute approximate surface area is 256 Å². The molecule has 4 aromatic carbocycles. The van der Waals surface area contributed by atoms with Gasteiger partial charge in [0, 0.05) is 53.3 Å². The number of ether oxygens (including phenoxy) is 4. The lowest BCUT2D eigenvalue weighted by Crippen LogP contribution is -2.26. The highest BCUT2D eigenvalue weighted by molar-refractivity contribution is 5.99. The maximum atomic E-state index is 13.7. The topological polar surface area (TPSA) is 78.4 Å². The molecule has 0 aliphatic carbocycles. The summed E-state index contributed by atoms with van der Waals surface area (Å²) in [7, 11) is 3.19. The minimum atomic E-state index is -0.401. The van der Waals surface area contributed by atoms with Crippen molar-refractivity contribution in [3.05, 3.63) is 111 Å². The van der Waals surface area contributed by atoms with Crippen molar-refractivity contribution in [3.63, 3.8) is 0 Å². The van der Waals surface area contributed by atoms with Crippen LogP contribution in [0.2, 0.25) is 0 Å². The summed E-state index contributed by atoms with van der Waals surface area (Å²) in [5, 5.41) is 5.48. The lowest BCUT2D eigenvalue weighted by atomic mass is 9.87. The third kappa shape index (κ3) is 5.41. The van der Waals surface area contributed by atoms with Gasteiger partial charge in [-0.1, -0.05) is 18.2 Å². The Kier molecular flexibility index (Phi) is 8.00. The third-order valence-corrected chi connectivity index (χ3v) is 8.17. The van der Waals surface area contributed by atoms with Crippen LogP contribution in [-0.4, -0.2) is 33.3 Å². The zero-order valence-corrected chi connectivity index (χ0v) is 25.0. The normalized spacial score (nSPS) is 14.2. The van der Waals surface area contributed by atoms with E-state index in [1.54, 1.807) is 20.3 Å². The van der Waals surface area contributed by atoms with E-state index in [2.05, 4.69) is 29.6 Å². The van der Waals surface area contributed by atoms with Crippen LogP contribution in [0.4, 0.5) is 5.69 Å². The molecule has 0 saturated carbocycles. The highest BCUT2D eigenvalue weighted by Crippen LogP contribution is 2.41. The Bertz CT molecular complexity index is 1830. The minimum absolute atomic E-state index is 0. The first-order valence-corrected chi connectivity index (χ1v) is 14.4. The number of esters is 1. The van der Waals surface area contributed by atoms with Crippen LogP contribution in [0, 0.1) is 0 Å². The minimum Gasteiger partial charge on any atom is -0.497 e. The van der Waals surface area contributed by atoms with Crippen LogP contribution in [0.25, 0.3) is 5.57 Å². The maximum Gasteiger partial charge on any atom is 0.339 e. The molecule has 0 atom stereocenters. The smallest absolute Gasteiger partial charge is 0.339 e. The summed E-state index contributed by atoms with van der Waals surface area (Å²) < 4.78 is 23.2. The lowest BCUT2D eigenvalue weighted by molar-refractivity contribution is 0.0471. The van der Waals surface area contributed by atoms with E-state index in [1.165, 1.54) is 11.1 Å². The van der Waals surface area contributed by atoms with Crippen LogP contribution in [0.3, 0.4) is 0 Å². The molecular weight excluding hydrogens is 564 g/mol. The van der Waals surface area contributed by atoms with Crippen molar-refractivity contribution >= 4 is 29.6 Å². The van der Waals surface area contributed by atoms with Crippen molar-refractivity contribution in [3.8, 4) is 23.0 Å². The van der Waals surface area contributed by atoms with Gasteiger partial charge in [0.1, 0.15) is 29.6 Å². The molecule has 3 heterocycles. The number of methoxy groups -OCH3 is 2. The molecule has 0 aromatic heterocycles. The molecule has 43 heavy (non-hydrogen) atoms. The van der Waals surface area contributed by atoms with Gasteiger partial charge >= 0.3 is 5.97 Å². The molecule has 0 amide bonds. The Hall–Kier alpha value is -4.49. The fourth-order valence-electron chi connectivity index (χ4n) is 6.10. The third-order valence-electron chi connectivity index (χ3n) is 8.17. The van der Waals surface area contributed by atoms with Crippen LogP contribution < -0.4 is 30.1 Å². The number of carbonyl (C=O) groups is 1. The monoisotopic (exact) mass is 596 g/mol. The van der Waals surface area contributed by atoms with Crippen molar-refractivity contribution in [2.75, 3.05) is 32.6 Å². The Morgan fingerprint density at radius 2 is 1.67 bits per heavy atom. The predicted molar refractivity (Wildman–Crippen MR) is 168 cm³/mol. The fraction of sp³-hybridized carbons (Fsp3) is 0.257. The molecule has 0 unspecified atom stereocenters. The summed E-state index contributed by atoms with van der Waals surface area (Å²) in [4.78, 5) is 18.5. The van der Waals surface area contributed by atoms with Crippen LogP contribution in [0.5, 0.6) is 23.0 Å². The summed E-state index contributed by atoms with van der Waals surface area (Å²) in [5.74, 6) is 2.40. The molecule has 3 aliphatic rings. The van der Waals surface area contributed by atoms with Crippen LogP contribution in [-0.2, 0) is 24.2 Å². The molecule has 0 radical (unpaired) electrons. The molecule has 7 nitrogen and oxygen atoms in total. The van der Waals surface area contributed by atoms with E-state index < -0.39 is 5.97 Å². The van der Waals surface area contributed by atoms with Gasteiger partial charge < -0.3 is 24.3 Å². The van der Waals surface area contributed by atoms with Gasteiger partial charge in [-0.2, -0.15) is 0 Å². The summed E-state index contributed by atoms with van der Waals surface area (Å²) in [5.41, 5.74) is 7.61. The zero-order chi connectivity index (χ0) is 28.6. The molecule has 0 spiro atoms. The number of benzene rings is 4. The van der Waals surface area contributed by atoms with E-state index in [4.69, 9.17) is 23.9 Å². The lowest BCUT2D eigenvalue weighted by Gasteiger charge is -2.27. The molecular formula is C35H33ClN2O5. The first-order chi connectivity index (χ1) is 20.6. The Morgan fingerprint density at radius 1 is 0.884 bits per heavy atom. The molecule has 8 heteroatoms. The van der Waals surface area contributed by atoms with Crippen molar-refractivity contribution in [1.82, 2.24) is 0 Å². The second-order valence-corrected chi connectivity index (χ2v) is 10.8. The van der Waals surface area contributed by atoms with Gasteiger partial charge in [-0.05, 0) is 78.3 Å². The molecule has 1 N–H and O–H groups in total. The Balaban J connectivity index is 0.00000329. The van der Waals surface area contributed by atoms with E-state index in [0.717, 1.165) is 88.8 Å². The second-order valence-electron chi connectivity index (χ2n) is 10.8. The van der Waals surface area contributed by atoms with Gasteiger partial charge in [-0.25, -0.2) is 4.79 Å². The quantitative estimate of drug-likeness (QED) is 0.251. The first kappa shape index (κ1) is 28.6. The van der Waals surface area contributed by atoms with Crippen molar-refractivity contribution in [2.45, 2.75) is 32.3 Å². The van der Waals surface area contributed by atoms with Crippen LogP contribution in [0.15, 0.2) is 71.7 Å². The number of carbonyl (C=O) groups excluding carboxylic acids is 1. The number of hydrogen-bond donors (Lipinski definition) is 1. The van der Waals surface area contributed by atoms with Crippen molar-refractivity contribution in [1.29, 1.82) is 0 Å². The molecule has 4 aromatic rings. The summed E-state index contributed by atoms with van der Waals surface area (Å²) in [6.07, 6.45) is 4.06. The largest absolute Gasteiger partial charge is 0.497 e. The SMILES string of the molecule is COc1cc(COC(=O)c2ccccc2C2=c3cc4c(cc3Oc3cc5c(cc32)CCCN5)=NCCC4)cc(OC)c1.Cl. The van der Waals surface area contributed by atoms with Crippen molar-refractivity contribution < 1.29 is 23.7 Å². The molecule has 3 aliphatic heterocycles. The van der Waals surface area contributed by atoms with Gasteiger partial charge in [0.25, 0.3) is 0 Å². The number of anilines is 1. The number of nitrogens with zero attached hydrogens (tertiary/aromatic N) is 1. The van der Waals surface area contributed by atoms with Gasteiger partial charge in [0.2, 0.25) is 0 Å². The maximum absolute atomic E-state index is 13.7. The number of halogens is 1. The summed E-state index contributed by atoms with van der Waals surface area (Å²) >= 11 is 0. The van der Waals surface area contributed by atoms with Gasteiger partial charge in [-0.15, -0.1) is 12.4 Å². The van der Waals surface area contributed by atoms with E-state index in [-0.39, 0.29) is 19.0 Å². The van der Waals surface area contributed by atoms with E-state index in [1.807, 2.05) is 36.4 Å². The van der Waals surface area contributed by atoms with Gasteiger partial charge in [0.15, 0.2) is 0 Å². The first-order valence-electron chi connectivity index (χ1n) is 14.4. The molecule has 220 valence electrons. The summed E-state index contributed by atoms with van der Waals surface area (Å²) in [6.45, 7) is 1.85. The standard InChI is InChI=1S/C35H32N2O5.ClH/c1-39-24-13-21(14-25(17-24)40-2)20-41-35(38)27-10-4-3-9-26(27)34-28-15-22-7-5-11-36-30(22)18-32(28)42-33-19-31-23(16-29(33)34)8-6-12-37-31;/h3-4,9-10,13-19,36H,5-8,11-12,20H2,1-2H3;1H. The van der Waals surface area contributed by atoms with Crippen LogP contribution >= 0.6 is 12.4 Å². The zero-order valence-electron chi connectivity index (χ0n) is 24.2. The number of hydrogen-bond acceptors (Lipinski definition) is 7. The summed E-state index contributed by atoms with van der Waals surface area (Å²) in [6, 6.07) is 21.7. The van der Waals surface area contributed by atoms with Gasteiger partial charge in [0.05, 0.1) is 25.1 Å². The Morgan fingerprint density at radius 3 is 2.49 bits per heavy atom. The molecule has 7 rings (SSSR count). The predicted octanol–water partition coefficient (Wildman–Crippen LogP) is 5.76. The number of aryl methyl sites for hydroxylation is 2. The highest BCUT2D eigenvalue weighted by Gasteiger charge is 2.27. The fourth-order valence-corrected chi connectivity index (χ4v) is 6.10. The molecule has 0 saturated heterocycles. The van der Waals surface area contributed by atoms with E-state index in [0.29, 0.717) is 17.1 Å². The average Bonchev–Trinajstić information content (AvgIpc) is 3.04. The highest BCUT2D eigenvalue weighted by atomic mass is 35.5. The number of nitrogens with one attached hydrogen (secondary N) is 1. The van der Waals surface area contributed by atoms with E-state index >= 15 is 0 Å². The number of rotatable bonds is 6.